The maximum atomic E-state index is 13.2. The van der Waals surface area contributed by atoms with Crippen molar-refractivity contribution >= 4 is 16.8 Å². The third-order valence-electron chi connectivity index (χ3n) is 3.61. The fourth-order valence-electron chi connectivity index (χ4n) is 2.29. The van der Waals surface area contributed by atoms with Gasteiger partial charge in [-0.2, -0.15) is 0 Å². The maximum absolute atomic E-state index is 13.2. The van der Waals surface area contributed by atoms with Gasteiger partial charge < -0.3 is 10.1 Å². The van der Waals surface area contributed by atoms with Gasteiger partial charge in [-0.3, -0.25) is 9.78 Å². The third kappa shape index (κ3) is 4.99. The number of fused-ring (bicyclic) bond motifs is 1. The Morgan fingerprint density at radius 3 is 2.83 bits per heavy atom. The van der Waals surface area contributed by atoms with E-state index in [0.717, 1.165) is 31.3 Å². The molecule has 2 rings (SSSR count). The van der Waals surface area contributed by atoms with Gasteiger partial charge in [0.2, 0.25) is 0 Å². The Morgan fingerprint density at radius 1 is 1.26 bits per heavy atom. The lowest BCUT2D eigenvalue weighted by atomic mass is 10.1. The second-order valence-corrected chi connectivity index (χ2v) is 5.53. The van der Waals surface area contributed by atoms with Gasteiger partial charge in [0.05, 0.1) is 16.8 Å². The van der Waals surface area contributed by atoms with Crippen molar-refractivity contribution in [3.63, 3.8) is 0 Å². The standard InChI is InChI=1S/C18H23FN2O2/c1-3-4-9-23-10-5-8-20-18(22)16-11-14-6-7-15(19)12-17(14)21-13(16)2/h6-7,11-12H,3-5,8-10H2,1-2H3,(H,20,22). The molecule has 1 aromatic carbocycles. The molecule has 0 saturated heterocycles. The molecule has 0 aliphatic rings. The summed E-state index contributed by atoms with van der Waals surface area (Å²) < 4.78 is 18.7. The van der Waals surface area contributed by atoms with Gasteiger partial charge in [-0.15, -0.1) is 0 Å². The van der Waals surface area contributed by atoms with Crippen molar-refractivity contribution in [2.75, 3.05) is 19.8 Å². The number of nitrogens with one attached hydrogen (secondary N) is 1. The van der Waals surface area contributed by atoms with Crippen molar-refractivity contribution in [2.45, 2.75) is 33.1 Å². The van der Waals surface area contributed by atoms with Crippen LogP contribution in [0.3, 0.4) is 0 Å². The smallest absolute Gasteiger partial charge is 0.253 e. The topological polar surface area (TPSA) is 51.2 Å². The molecule has 0 radical (unpaired) electrons. The fourth-order valence-corrected chi connectivity index (χ4v) is 2.29. The molecule has 23 heavy (non-hydrogen) atoms. The Morgan fingerprint density at radius 2 is 2.04 bits per heavy atom. The molecule has 0 unspecified atom stereocenters. The van der Waals surface area contributed by atoms with E-state index in [1.165, 1.54) is 12.1 Å². The largest absolute Gasteiger partial charge is 0.381 e. The Bertz CT molecular complexity index is 673. The monoisotopic (exact) mass is 318 g/mol. The van der Waals surface area contributed by atoms with Gasteiger partial charge in [-0.1, -0.05) is 13.3 Å². The number of hydrogen-bond acceptors (Lipinski definition) is 3. The third-order valence-corrected chi connectivity index (χ3v) is 3.61. The number of amides is 1. The molecular formula is C18H23FN2O2. The minimum absolute atomic E-state index is 0.158. The number of carbonyl (C=O) groups is 1. The number of nitrogens with zero attached hydrogens (tertiary/aromatic N) is 1. The average Bonchev–Trinajstić information content (AvgIpc) is 2.53. The van der Waals surface area contributed by atoms with Gasteiger partial charge in [0, 0.05) is 31.2 Å². The van der Waals surface area contributed by atoms with E-state index in [-0.39, 0.29) is 11.7 Å². The zero-order chi connectivity index (χ0) is 16.7. The first-order valence-corrected chi connectivity index (χ1v) is 8.04. The lowest BCUT2D eigenvalue weighted by Gasteiger charge is -2.09. The molecule has 5 heteroatoms. The molecule has 1 aromatic heterocycles. The lowest BCUT2D eigenvalue weighted by molar-refractivity contribution is 0.0939. The summed E-state index contributed by atoms with van der Waals surface area (Å²) in [7, 11) is 0. The van der Waals surface area contributed by atoms with Crippen LogP contribution in [0.5, 0.6) is 0 Å². The second-order valence-electron chi connectivity index (χ2n) is 5.53. The van der Waals surface area contributed by atoms with Crippen LogP contribution in [0.1, 0.15) is 42.2 Å². The number of carbonyl (C=O) groups excluding carboxylic acids is 1. The number of rotatable bonds is 8. The molecule has 2 aromatic rings. The van der Waals surface area contributed by atoms with E-state index in [9.17, 15) is 9.18 Å². The molecule has 124 valence electrons. The summed E-state index contributed by atoms with van der Waals surface area (Å²) in [6.07, 6.45) is 2.96. The molecule has 0 aliphatic carbocycles. The molecule has 0 aliphatic heterocycles. The first-order valence-electron chi connectivity index (χ1n) is 8.04. The second kappa shape index (κ2) is 8.58. The van der Waals surface area contributed by atoms with Gasteiger partial charge in [0.15, 0.2) is 0 Å². The van der Waals surface area contributed by atoms with Gasteiger partial charge in [0.25, 0.3) is 5.91 Å². The van der Waals surface area contributed by atoms with Crippen LogP contribution in [-0.2, 0) is 4.74 Å². The summed E-state index contributed by atoms with van der Waals surface area (Å²) in [4.78, 5) is 16.6. The SMILES string of the molecule is CCCCOCCCNC(=O)c1cc2ccc(F)cc2nc1C. The zero-order valence-corrected chi connectivity index (χ0v) is 13.7. The van der Waals surface area contributed by atoms with E-state index >= 15 is 0 Å². The maximum Gasteiger partial charge on any atom is 0.253 e. The van der Waals surface area contributed by atoms with E-state index in [1.54, 1.807) is 19.1 Å². The number of unbranched alkanes of at least 4 members (excludes halogenated alkanes) is 1. The van der Waals surface area contributed by atoms with Crippen LogP contribution in [0.2, 0.25) is 0 Å². The van der Waals surface area contributed by atoms with E-state index in [4.69, 9.17) is 4.74 Å². The number of hydrogen-bond donors (Lipinski definition) is 1. The molecule has 0 atom stereocenters. The van der Waals surface area contributed by atoms with Crippen LogP contribution in [0.15, 0.2) is 24.3 Å². The Balaban J connectivity index is 1.90. The number of aromatic nitrogens is 1. The van der Waals surface area contributed by atoms with Crippen LogP contribution in [0, 0.1) is 12.7 Å². The van der Waals surface area contributed by atoms with Crippen molar-refractivity contribution in [3.05, 3.63) is 41.3 Å². The summed E-state index contributed by atoms with van der Waals surface area (Å²) >= 11 is 0. The highest BCUT2D eigenvalue weighted by Crippen LogP contribution is 2.17. The lowest BCUT2D eigenvalue weighted by Crippen LogP contribution is -2.26. The molecule has 0 bridgehead atoms. The Kier molecular flexibility index (Phi) is 6.47. The predicted molar refractivity (Wildman–Crippen MR) is 89.1 cm³/mol. The molecule has 0 saturated carbocycles. The average molecular weight is 318 g/mol. The van der Waals surface area contributed by atoms with Crippen molar-refractivity contribution in [1.82, 2.24) is 10.3 Å². The molecule has 1 amide bonds. The van der Waals surface area contributed by atoms with Crippen LogP contribution in [0.25, 0.3) is 10.9 Å². The number of aryl methyl sites for hydroxylation is 1. The van der Waals surface area contributed by atoms with Gasteiger partial charge >= 0.3 is 0 Å². The predicted octanol–water partition coefficient (Wildman–Crippen LogP) is 3.62. The van der Waals surface area contributed by atoms with E-state index in [0.29, 0.717) is 29.9 Å². The number of pyridine rings is 1. The van der Waals surface area contributed by atoms with Crippen molar-refractivity contribution < 1.29 is 13.9 Å². The minimum atomic E-state index is -0.329. The number of benzene rings is 1. The van der Waals surface area contributed by atoms with Crippen molar-refractivity contribution in [1.29, 1.82) is 0 Å². The van der Waals surface area contributed by atoms with E-state index in [1.807, 2.05) is 0 Å². The van der Waals surface area contributed by atoms with E-state index < -0.39 is 0 Å². The summed E-state index contributed by atoms with van der Waals surface area (Å²) in [6.45, 7) is 5.86. The quantitative estimate of drug-likeness (QED) is 0.756. The summed E-state index contributed by atoms with van der Waals surface area (Å²) in [5.41, 5.74) is 1.68. The molecular weight excluding hydrogens is 295 g/mol. The summed E-state index contributed by atoms with van der Waals surface area (Å²) in [5.74, 6) is -0.487. The van der Waals surface area contributed by atoms with Crippen LogP contribution in [-0.4, -0.2) is 30.6 Å². The molecule has 1 heterocycles. The molecule has 4 nitrogen and oxygen atoms in total. The van der Waals surface area contributed by atoms with Gasteiger partial charge in [0.1, 0.15) is 5.82 Å². The zero-order valence-electron chi connectivity index (χ0n) is 13.7. The summed E-state index contributed by atoms with van der Waals surface area (Å²) in [6, 6.07) is 6.13. The molecule has 0 spiro atoms. The minimum Gasteiger partial charge on any atom is -0.381 e. The fraction of sp³-hybridized carbons (Fsp3) is 0.444. The highest BCUT2D eigenvalue weighted by molar-refractivity contribution is 5.98. The van der Waals surface area contributed by atoms with E-state index in [2.05, 4.69) is 17.2 Å². The van der Waals surface area contributed by atoms with Crippen LogP contribution < -0.4 is 5.32 Å². The highest BCUT2D eigenvalue weighted by atomic mass is 19.1. The number of ether oxygens (including phenoxy) is 1. The number of halogens is 1. The Labute approximate surface area is 136 Å². The Hall–Kier alpha value is -2.01. The first kappa shape index (κ1) is 17.3. The highest BCUT2D eigenvalue weighted by Gasteiger charge is 2.11. The van der Waals surface area contributed by atoms with Crippen molar-refractivity contribution in [3.8, 4) is 0 Å². The van der Waals surface area contributed by atoms with Crippen molar-refractivity contribution in [2.24, 2.45) is 0 Å². The molecule has 1 N–H and O–H groups in total. The van der Waals surface area contributed by atoms with Gasteiger partial charge in [-0.05, 0) is 38.0 Å². The normalized spacial score (nSPS) is 10.9. The molecule has 0 fully saturated rings. The van der Waals surface area contributed by atoms with Crippen LogP contribution >= 0.6 is 0 Å². The first-order chi connectivity index (χ1) is 11.1. The van der Waals surface area contributed by atoms with Gasteiger partial charge in [-0.25, -0.2) is 4.39 Å². The van der Waals surface area contributed by atoms with Crippen LogP contribution in [0.4, 0.5) is 4.39 Å². The summed E-state index contributed by atoms with van der Waals surface area (Å²) in [5, 5.41) is 3.63.